The van der Waals surface area contributed by atoms with Crippen LogP contribution in [0.1, 0.15) is 31.0 Å². The Balaban J connectivity index is 2.45. The van der Waals surface area contributed by atoms with E-state index in [4.69, 9.17) is 4.74 Å². The molecule has 0 bridgehead atoms. The van der Waals surface area contributed by atoms with Gasteiger partial charge in [-0.2, -0.15) is 0 Å². The lowest BCUT2D eigenvalue weighted by molar-refractivity contribution is -0.151. The second-order valence-electron chi connectivity index (χ2n) is 6.01. The SMILES string of the molecule is COC(=O)C(C)(C)C(Nc1ccccc1)c1ccccc1C. The van der Waals surface area contributed by atoms with E-state index in [9.17, 15) is 4.79 Å². The molecule has 3 nitrogen and oxygen atoms in total. The van der Waals surface area contributed by atoms with Gasteiger partial charge in [-0.1, -0.05) is 42.5 Å². The smallest absolute Gasteiger partial charge is 0.313 e. The minimum Gasteiger partial charge on any atom is -0.469 e. The molecule has 0 saturated carbocycles. The van der Waals surface area contributed by atoms with Crippen LogP contribution in [0.25, 0.3) is 0 Å². The highest BCUT2D eigenvalue weighted by Gasteiger charge is 2.39. The molecule has 0 saturated heterocycles. The van der Waals surface area contributed by atoms with Crippen LogP contribution in [-0.2, 0) is 9.53 Å². The number of rotatable bonds is 5. The molecule has 0 fully saturated rings. The fraction of sp³-hybridized carbons (Fsp3) is 0.316. The fourth-order valence-electron chi connectivity index (χ4n) is 2.64. The molecule has 0 heterocycles. The van der Waals surface area contributed by atoms with E-state index < -0.39 is 5.41 Å². The Morgan fingerprint density at radius 1 is 1.05 bits per heavy atom. The highest BCUT2D eigenvalue weighted by molar-refractivity contribution is 5.78. The Hall–Kier alpha value is -2.29. The Morgan fingerprint density at radius 2 is 1.64 bits per heavy atom. The number of aryl methyl sites for hydroxylation is 1. The number of ether oxygens (including phenoxy) is 1. The van der Waals surface area contributed by atoms with E-state index in [-0.39, 0.29) is 12.0 Å². The maximum atomic E-state index is 12.3. The number of carbonyl (C=O) groups is 1. The first-order valence-electron chi connectivity index (χ1n) is 7.42. The summed E-state index contributed by atoms with van der Waals surface area (Å²) in [6.45, 7) is 5.88. The molecular formula is C19H23NO2. The molecule has 2 aromatic carbocycles. The molecule has 22 heavy (non-hydrogen) atoms. The van der Waals surface area contributed by atoms with Gasteiger partial charge in [-0.15, -0.1) is 0 Å². The van der Waals surface area contributed by atoms with Gasteiger partial charge in [-0.25, -0.2) is 0 Å². The summed E-state index contributed by atoms with van der Waals surface area (Å²) >= 11 is 0. The molecule has 1 atom stereocenters. The van der Waals surface area contributed by atoms with Crippen LogP contribution in [0.5, 0.6) is 0 Å². The average Bonchev–Trinajstić information content (AvgIpc) is 2.53. The highest BCUT2D eigenvalue weighted by Crippen LogP contribution is 2.38. The number of esters is 1. The standard InChI is InChI=1S/C19H23NO2/c1-14-10-8-9-13-16(14)17(19(2,3)18(21)22-4)20-15-11-6-5-7-12-15/h5-13,17,20H,1-4H3. The van der Waals surface area contributed by atoms with Gasteiger partial charge in [0.15, 0.2) is 0 Å². The molecule has 0 radical (unpaired) electrons. The summed E-state index contributed by atoms with van der Waals surface area (Å²) in [4.78, 5) is 12.3. The molecule has 0 spiro atoms. The number of hydrogen-bond acceptors (Lipinski definition) is 3. The normalized spacial score (nSPS) is 12.5. The quantitative estimate of drug-likeness (QED) is 0.834. The van der Waals surface area contributed by atoms with Gasteiger partial charge in [0.1, 0.15) is 0 Å². The largest absolute Gasteiger partial charge is 0.469 e. The predicted molar refractivity (Wildman–Crippen MR) is 89.8 cm³/mol. The lowest BCUT2D eigenvalue weighted by Crippen LogP contribution is -2.37. The molecule has 1 N–H and O–H groups in total. The van der Waals surface area contributed by atoms with Gasteiger partial charge in [0, 0.05) is 5.69 Å². The fourth-order valence-corrected chi connectivity index (χ4v) is 2.64. The number of para-hydroxylation sites is 1. The molecule has 0 aliphatic carbocycles. The van der Waals surface area contributed by atoms with E-state index in [1.807, 2.05) is 56.3 Å². The van der Waals surface area contributed by atoms with Crippen LogP contribution in [0.4, 0.5) is 5.69 Å². The maximum absolute atomic E-state index is 12.3. The van der Waals surface area contributed by atoms with Crippen LogP contribution in [0.2, 0.25) is 0 Å². The van der Waals surface area contributed by atoms with E-state index >= 15 is 0 Å². The molecule has 2 aromatic rings. The summed E-state index contributed by atoms with van der Waals surface area (Å²) in [6.07, 6.45) is 0. The second-order valence-corrected chi connectivity index (χ2v) is 6.01. The number of methoxy groups -OCH3 is 1. The van der Waals surface area contributed by atoms with Crippen LogP contribution < -0.4 is 5.32 Å². The molecule has 2 rings (SSSR count). The molecule has 3 heteroatoms. The Labute approximate surface area is 132 Å². The van der Waals surface area contributed by atoms with E-state index in [2.05, 4.69) is 24.4 Å². The molecule has 1 unspecified atom stereocenters. The second kappa shape index (κ2) is 6.65. The molecule has 0 aliphatic rings. The first-order chi connectivity index (χ1) is 10.5. The van der Waals surface area contributed by atoms with Crippen molar-refractivity contribution in [1.29, 1.82) is 0 Å². The van der Waals surface area contributed by atoms with Gasteiger partial charge in [0.05, 0.1) is 18.6 Å². The monoisotopic (exact) mass is 297 g/mol. The van der Waals surface area contributed by atoms with E-state index in [1.165, 1.54) is 7.11 Å². The summed E-state index contributed by atoms with van der Waals surface area (Å²) in [5.41, 5.74) is 2.53. The van der Waals surface area contributed by atoms with Crippen molar-refractivity contribution in [2.75, 3.05) is 12.4 Å². The van der Waals surface area contributed by atoms with Crippen molar-refractivity contribution in [3.8, 4) is 0 Å². The van der Waals surface area contributed by atoms with Gasteiger partial charge in [0.25, 0.3) is 0 Å². The van der Waals surface area contributed by atoms with Crippen LogP contribution >= 0.6 is 0 Å². The Bertz CT molecular complexity index is 635. The maximum Gasteiger partial charge on any atom is 0.313 e. The third-order valence-electron chi connectivity index (χ3n) is 4.02. The van der Waals surface area contributed by atoms with Gasteiger partial charge >= 0.3 is 5.97 Å². The lowest BCUT2D eigenvalue weighted by atomic mass is 9.79. The third-order valence-corrected chi connectivity index (χ3v) is 4.02. The summed E-state index contributed by atoms with van der Waals surface area (Å²) in [5.74, 6) is -0.232. The zero-order valence-electron chi connectivity index (χ0n) is 13.6. The van der Waals surface area contributed by atoms with Crippen molar-refractivity contribution in [2.24, 2.45) is 5.41 Å². The Kier molecular flexibility index (Phi) is 4.86. The average molecular weight is 297 g/mol. The van der Waals surface area contributed by atoms with E-state index in [0.29, 0.717) is 0 Å². The summed E-state index contributed by atoms with van der Waals surface area (Å²) in [5, 5.41) is 3.49. The lowest BCUT2D eigenvalue weighted by Gasteiger charge is -2.34. The molecule has 0 aliphatic heterocycles. The molecule has 116 valence electrons. The molecular weight excluding hydrogens is 274 g/mol. The zero-order valence-corrected chi connectivity index (χ0v) is 13.6. The number of anilines is 1. The summed E-state index contributed by atoms with van der Waals surface area (Å²) < 4.78 is 5.02. The zero-order chi connectivity index (χ0) is 16.2. The van der Waals surface area contributed by atoms with Crippen molar-refractivity contribution in [1.82, 2.24) is 0 Å². The van der Waals surface area contributed by atoms with Gasteiger partial charge in [-0.3, -0.25) is 4.79 Å². The van der Waals surface area contributed by atoms with Crippen molar-refractivity contribution < 1.29 is 9.53 Å². The first-order valence-corrected chi connectivity index (χ1v) is 7.42. The van der Waals surface area contributed by atoms with Gasteiger partial charge in [0.2, 0.25) is 0 Å². The minimum absolute atomic E-state index is 0.177. The Morgan fingerprint density at radius 3 is 2.23 bits per heavy atom. The van der Waals surface area contributed by atoms with Crippen LogP contribution in [-0.4, -0.2) is 13.1 Å². The molecule has 0 amide bonds. The van der Waals surface area contributed by atoms with Crippen molar-refractivity contribution in [2.45, 2.75) is 26.8 Å². The topological polar surface area (TPSA) is 38.3 Å². The third kappa shape index (κ3) is 3.30. The van der Waals surface area contributed by atoms with Crippen LogP contribution in [0.3, 0.4) is 0 Å². The number of hydrogen-bond donors (Lipinski definition) is 1. The van der Waals surface area contributed by atoms with Crippen LogP contribution in [0.15, 0.2) is 54.6 Å². The number of carbonyl (C=O) groups excluding carboxylic acids is 1. The number of benzene rings is 2. The van der Waals surface area contributed by atoms with Gasteiger partial charge in [-0.05, 0) is 44.0 Å². The van der Waals surface area contributed by atoms with Crippen molar-refractivity contribution >= 4 is 11.7 Å². The highest BCUT2D eigenvalue weighted by atomic mass is 16.5. The number of nitrogens with one attached hydrogen (secondary N) is 1. The summed E-state index contributed by atoms with van der Waals surface area (Å²) in [7, 11) is 1.43. The molecule has 0 aromatic heterocycles. The van der Waals surface area contributed by atoms with Crippen molar-refractivity contribution in [3.63, 3.8) is 0 Å². The summed E-state index contributed by atoms with van der Waals surface area (Å²) in [6, 6.07) is 17.9. The minimum atomic E-state index is -0.698. The van der Waals surface area contributed by atoms with Crippen molar-refractivity contribution in [3.05, 3.63) is 65.7 Å². The van der Waals surface area contributed by atoms with E-state index in [0.717, 1.165) is 16.8 Å². The predicted octanol–water partition coefficient (Wildman–Crippen LogP) is 4.35. The van der Waals surface area contributed by atoms with Crippen LogP contribution in [0, 0.1) is 12.3 Å². The van der Waals surface area contributed by atoms with Gasteiger partial charge < -0.3 is 10.1 Å². The van der Waals surface area contributed by atoms with E-state index in [1.54, 1.807) is 0 Å². The first kappa shape index (κ1) is 16.1.